The van der Waals surface area contributed by atoms with Crippen LogP contribution in [0.2, 0.25) is 0 Å². The van der Waals surface area contributed by atoms with Gasteiger partial charge in [-0.2, -0.15) is 0 Å². The molecule has 0 amide bonds. The van der Waals surface area contributed by atoms with Crippen LogP contribution in [0.15, 0.2) is 34.1 Å². The average molecular weight is 389 g/mol. The first-order chi connectivity index (χ1) is 13.2. The smallest absolute Gasteiger partial charge is 0.332 e. The van der Waals surface area contributed by atoms with Crippen molar-refractivity contribution in [2.75, 3.05) is 6.54 Å². The van der Waals surface area contributed by atoms with Gasteiger partial charge in [0.25, 0.3) is 5.56 Å². The number of aromatic hydroxyl groups is 2. The second-order valence-corrected chi connectivity index (χ2v) is 6.88. The Balaban J connectivity index is 1.74. The van der Waals surface area contributed by atoms with E-state index in [1.165, 1.54) is 36.1 Å². The number of imidazole rings is 1. The lowest BCUT2D eigenvalue weighted by Crippen LogP contribution is -2.38. The summed E-state index contributed by atoms with van der Waals surface area (Å²) < 4.78 is 4.03. The van der Waals surface area contributed by atoms with Crippen LogP contribution in [0.4, 0.5) is 0 Å². The number of aliphatic hydroxyl groups excluding tert-OH is 1. The first kappa shape index (κ1) is 19.6. The highest BCUT2D eigenvalue weighted by Crippen LogP contribution is 2.24. The number of aliphatic hydroxyl groups is 1. The molecule has 150 valence electrons. The van der Waals surface area contributed by atoms with Crippen LogP contribution >= 0.6 is 0 Å². The fraction of sp³-hybridized carbons (Fsp3) is 0.389. The van der Waals surface area contributed by atoms with Gasteiger partial charge in [0, 0.05) is 39.3 Å². The molecule has 0 radical (unpaired) electrons. The van der Waals surface area contributed by atoms with Crippen LogP contribution in [0.1, 0.15) is 18.6 Å². The largest absolute Gasteiger partial charge is 0.508 e. The molecule has 2 aromatic heterocycles. The molecule has 10 heteroatoms. The normalized spacial score (nSPS) is 13.7. The number of aryl methyl sites for hydroxylation is 1. The molecule has 28 heavy (non-hydrogen) atoms. The van der Waals surface area contributed by atoms with Gasteiger partial charge in [0.1, 0.15) is 11.5 Å². The summed E-state index contributed by atoms with van der Waals surface area (Å²) in [5, 5.41) is 32.5. The molecular weight excluding hydrogens is 366 g/mol. The fourth-order valence-electron chi connectivity index (χ4n) is 3.14. The van der Waals surface area contributed by atoms with Crippen LogP contribution in [0.5, 0.6) is 11.5 Å². The molecule has 0 spiro atoms. The van der Waals surface area contributed by atoms with Crippen molar-refractivity contribution in [1.29, 1.82) is 0 Å². The third-order valence-corrected chi connectivity index (χ3v) is 4.66. The Kier molecular flexibility index (Phi) is 5.25. The van der Waals surface area contributed by atoms with Crippen LogP contribution < -0.4 is 16.6 Å². The third kappa shape index (κ3) is 3.64. The summed E-state index contributed by atoms with van der Waals surface area (Å²) in [5.74, 6) is -0.262. The summed E-state index contributed by atoms with van der Waals surface area (Å²) >= 11 is 0. The van der Waals surface area contributed by atoms with Gasteiger partial charge in [-0.3, -0.25) is 13.9 Å². The van der Waals surface area contributed by atoms with E-state index in [2.05, 4.69) is 10.3 Å². The maximum absolute atomic E-state index is 12.5. The van der Waals surface area contributed by atoms with E-state index in [0.29, 0.717) is 23.3 Å². The molecule has 2 heterocycles. The minimum Gasteiger partial charge on any atom is -0.508 e. The van der Waals surface area contributed by atoms with Crippen molar-refractivity contribution in [2.45, 2.75) is 25.6 Å². The SMILES string of the molecule is CC(Cn1cnc2c1c(=O)n(C)c(=O)n2C)NCC(O)c1cc(O)cc(O)c1. The predicted octanol–water partition coefficient (Wildman–Crippen LogP) is -0.443. The number of hydrogen-bond donors (Lipinski definition) is 4. The summed E-state index contributed by atoms with van der Waals surface area (Å²) in [6, 6.07) is 3.80. The summed E-state index contributed by atoms with van der Waals surface area (Å²) in [6.07, 6.45) is 0.571. The van der Waals surface area contributed by atoms with Crippen LogP contribution in [-0.2, 0) is 20.6 Å². The molecule has 4 N–H and O–H groups in total. The highest BCUT2D eigenvalue weighted by atomic mass is 16.3. The van der Waals surface area contributed by atoms with Gasteiger partial charge in [-0.15, -0.1) is 0 Å². The van der Waals surface area contributed by atoms with Crippen molar-refractivity contribution in [2.24, 2.45) is 14.1 Å². The molecule has 0 aliphatic rings. The van der Waals surface area contributed by atoms with E-state index >= 15 is 0 Å². The van der Waals surface area contributed by atoms with Crippen molar-refractivity contribution >= 4 is 11.2 Å². The average Bonchev–Trinajstić information content (AvgIpc) is 3.05. The van der Waals surface area contributed by atoms with Gasteiger partial charge < -0.3 is 25.2 Å². The number of rotatable bonds is 6. The molecule has 3 aromatic rings. The lowest BCUT2D eigenvalue weighted by molar-refractivity contribution is 0.168. The van der Waals surface area contributed by atoms with Crippen molar-refractivity contribution in [3.05, 3.63) is 50.9 Å². The zero-order valence-electron chi connectivity index (χ0n) is 15.8. The minimum atomic E-state index is -0.936. The van der Waals surface area contributed by atoms with E-state index < -0.39 is 17.4 Å². The van der Waals surface area contributed by atoms with Gasteiger partial charge in [-0.05, 0) is 24.6 Å². The first-order valence-electron chi connectivity index (χ1n) is 8.74. The molecule has 0 fully saturated rings. The van der Waals surface area contributed by atoms with Crippen LogP contribution in [-0.4, -0.2) is 46.6 Å². The Bertz CT molecular complexity index is 1110. The van der Waals surface area contributed by atoms with Gasteiger partial charge in [0.15, 0.2) is 11.2 Å². The fourth-order valence-corrected chi connectivity index (χ4v) is 3.14. The molecule has 3 rings (SSSR count). The van der Waals surface area contributed by atoms with Gasteiger partial charge in [0.05, 0.1) is 12.4 Å². The van der Waals surface area contributed by atoms with E-state index in [0.717, 1.165) is 4.57 Å². The Morgan fingerprint density at radius 1 is 1.11 bits per heavy atom. The van der Waals surface area contributed by atoms with E-state index in [1.807, 2.05) is 6.92 Å². The standard InChI is InChI=1S/C18H23N5O5/c1-10(19-7-14(26)11-4-12(24)6-13(25)5-11)8-23-9-20-16-15(23)17(27)22(3)18(28)21(16)2/h4-6,9-10,14,19,24-26H,7-8H2,1-3H3. The van der Waals surface area contributed by atoms with Crippen molar-refractivity contribution in [3.8, 4) is 11.5 Å². The lowest BCUT2D eigenvalue weighted by Gasteiger charge is -2.18. The maximum atomic E-state index is 12.5. The number of hydrogen-bond acceptors (Lipinski definition) is 7. The predicted molar refractivity (Wildman–Crippen MR) is 102 cm³/mol. The van der Waals surface area contributed by atoms with Gasteiger partial charge in [-0.1, -0.05) is 0 Å². The number of aromatic nitrogens is 4. The zero-order valence-corrected chi connectivity index (χ0v) is 15.8. The van der Waals surface area contributed by atoms with Crippen LogP contribution in [0.3, 0.4) is 0 Å². The lowest BCUT2D eigenvalue weighted by atomic mass is 10.1. The van der Waals surface area contributed by atoms with E-state index in [9.17, 15) is 24.9 Å². The number of phenolic OH excluding ortho intramolecular Hbond substituents is 2. The monoisotopic (exact) mass is 389 g/mol. The van der Waals surface area contributed by atoms with Crippen LogP contribution in [0.25, 0.3) is 11.2 Å². The molecule has 2 atom stereocenters. The first-order valence-corrected chi connectivity index (χ1v) is 8.74. The Morgan fingerprint density at radius 2 is 1.75 bits per heavy atom. The Morgan fingerprint density at radius 3 is 2.39 bits per heavy atom. The second kappa shape index (κ2) is 7.49. The second-order valence-electron chi connectivity index (χ2n) is 6.88. The van der Waals surface area contributed by atoms with Crippen molar-refractivity contribution in [3.63, 3.8) is 0 Å². The number of nitrogens with one attached hydrogen (secondary N) is 1. The molecule has 0 bridgehead atoms. The van der Waals surface area contributed by atoms with Gasteiger partial charge >= 0.3 is 5.69 Å². The molecule has 0 saturated carbocycles. The number of phenols is 2. The number of nitrogens with zero attached hydrogens (tertiary/aromatic N) is 4. The Labute approximate surface area is 159 Å². The quantitative estimate of drug-likeness (QED) is 0.449. The summed E-state index contributed by atoms with van der Waals surface area (Å²) in [7, 11) is 2.98. The summed E-state index contributed by atoms with van der Waals surface area (Å²) in [4.78, 5) is 28.6. The van der Waals surface area contributed by atoms with E-state index in [4.69, 9.17) is 0 Å². The number of fused-ring (bicyclic) bond motifs is 1. The summed E-state index contributed by atoms with van der Waals surface area (Å²) in [5.41, 5.74) is 0.172. The van der Waals surface area contributed by atoms with Crippen LogP contribution in [0, 0.1) is 0 Å². The summed E-state index contributed by atoms with van der Waals surface area (Å²) in [6.45, 7) is 2.44. The molecule has 0 aliphatic carbocycles. The van der Waals surface area contributed by atoms with E-state index in [-0.39, 0.29) is 24.1 Å². The molecule has 0 saturated heterocycles. The minimum absolute atomic E-state index is 0.131. The van der Waals surface area contributed by atoms with Gasteiger partial charge in [-0.25, -0.2) is 9.78 Å². The zero-order chi connectivity index (χ0) is 20.6. The molecular formula is C18H23N5O5. The molecule has 10 nitrogen and oxygen atoms in total. The highest BCUT2D eigenvalue weighted by molar-refractivity contribution is 5.69. The Hall–Kier alpha value is -3.11. The maximum Gasteiger partial charge on any atom is 0.332 e. The van der Waals surface area contributed by atoms with Gasteiger partial charge in [0.2, 0.25) is 0 Å². The molecule has 1 aromatic carbocycles. The molecule has 0 aliphatic heterocycles. The van der Waals surface area contributed by atoms with Crippen molar-refractivity contribution in [1.82, 2.24) is 24.0 Å². The van der Waals surface area contributed by atoms with E-state index in [1.54, 1.807) is 11.6 Å². The third-order valence-electron chi connectivity index (χ3n) is 4.66. The molecule has 2 unspecified atom stereocenters. The van der Waals surface area contributed by atoms with Crippen molar-refractivity contribution < 1.29 is 15.3 Å². The topological polar surface area (TPSA) is 135 Å². The number of benzene rings is 1. The highest BCUT2D eigenvalue weighted by Gasteiger charge is 2.16.